The van der Waals surface area contributed by atoms with Crippen molar-refractivity contribution in [2.45, 2.75) is 19.8 Å². The number of nitrogens with zero attached hydrogens (tertiary/aromatic N) is 3. The number of aliphatic carboxylic acids is 2. The minimum Gasteiger partial charge on any atom is -0.493 e. The zero-order valence-electron chi connectivity index (χ0n) is 23.4. The smallest absolute Gasteiger partial charge is 0.414 e. The number of rotatable bonds is 9. The highest BCUT2D eigenvalue weighted by Crippen LogP contribution is 2.28. The normalized spacial score (nSPS) is 12.8. The van der Waals surface area contributed by atoms with E-state index >= 15 is 0 Å². The van der Waals surface area contributed by atoms with E-state index in [0.29, 0.717) is 55.5 Å². The van der Waals surface area contributed by atoms with Crippen LogP contribution < -0.4 is 19.7 Å². The summed E-state index contributed by atoms with van der Waals surface area (Å²) in [5.74, 6) is -2.98. The lowest BCUT2D eigenvalue weighted by Crippen LogP contribution is -2.53. The van der Waals surface area contributed by atoms with Crippen LogP contribution in [0.25, 0.3) is 0 Å². The van der Waals surface area contributed by atoms with Crippen LogP contribution in [0.4, 0.5) is 10.5 Å². The molecule has 1 aliphatic heterocycles. The second kappa shape index (κ2) is 16.5. The Balaban J connectivity index is 0.000000883. The van der Waals surface area contributed by atoms with Crippen LogP contribution in [-0.4, -0.2) is 103 Å². The van der Waals surface area contributed by atoms with E-state index in [1.54, 1.807) is 54.5 Å². The van der Waals surface area contributed by atoms with Crippen molar-refractivity contribution in [1.29, 1.82) is 0 Å². The molecule has 3 rings (SSSR count). The van der Waals surface area contributed by atoms with E-state index in [0.717, 1.165) is 12.8 Å². The van der Waals surface area contributed by atoms with Gasteiger partial charge in [-0.3, -0.25) is 14.5 Å². The predicted molar refractivity (Wildman–Crippen MR) is 149 cm³/mol. The van der Waals surface area contributed by atoms with Crippen LogP contribution in [0, 0.1) is 0 Å². The van der Waals surface area contributed by atoms with E-state index in [-0.39, 0.29) is 18.4 Å². The molecule has 222 valence electrons. The number of nitrogens with one attached hydrogen (secondary N) is 1. The number of carbonyl (C=O) groups is 5. The molecule has 0 radical (unpaired) electrons. The summed E-state index contributed by atoms with van der Waals surface area (Å²) in [5, 5.41) is 17.6. The summed E-state index contributed by atoms with van der Waals surface area (Å²) >= 11 is 0. The summed E-state index contributed by atoms with van der Waals surface area (Å²) in [5.41, 5.74) is 1.06. The number of methoxy groups -OCH3 is 2. The third kappa shape index (κ3) is 9.80. The van der Waals surface area contributed by atoms with Crippen molar-refractivity contribution >= 4 is 35.5 Å². The van der Waals surface area contributed by atoms with Crippen molar-refractivity contribution in [3.63, 3.8) is 0 Å². The minimum absolute atomic E-state index is 0.0917. The van der Waals surface area contributed by atoms with Gasteiger partial charge in [-0.15, -0.1) is 0 Å². The number of benzene rings is 2. The Kier molecular flexibility index (Phi) is 13.1. The maximum absolute atomic E-state index is 13.2. The van der Waals surface area contributed by atoms with Crippen molar-refractivity contribution < 1.29 is 43.7 Å². The molecule has 41 heavy (non-hydrogen) atoms. The average molecular weight is 573 g/mol. The summed E-state index contributed by atoms with van der Waals surface area (Å²) < 4.78 is 10.5. The zero-order valence-corrected chi connectivity index (χ0v) is 23.4. The Labute approximate surface area is 238 Å². The fraction of sp³-hybridized carbons (Fsp3) is 0.393. The van der Waals surface area contributed by atoms with Gasteiger partial charge in [0.25, 0.3) is 5.91 Å². The first kappa shape index (κ1) is 32.6. The van der Waals surface area contributed by atoms with E-state index in [1.165, 1.54) is 12.0 Å². The summed E-state index contributed by atoms with van der Waals surface area (Å²) in [6.07, 6.45) is 1.80. The number of urea groups is 1. The fourth-order valence-corrected chi connectivity index (χ4v) is 3.93. The van der Waals surface area contributed by atoms with Crippen molar-refractivity contribution in [2.24, 2.45) is 0 Å². The predicted octanol–water partition coefficient (Wildman–Crippen LogP) is 2.16. The van der Waals surface area contributed by atoms with Gasteiger partial charge in [-0.2, -0.15) is 0 Å². The lowest BCUT2D eigenvalue weighted by molar-refractivity contribution is -0.159. The Bertz CT molecular complexity index is 1190. The maximum atomic E-state index is 13.2. The zero-order chi connectivity index (χ0) is 30.4. The number of unbranched alkanes of at least 4 members (excludes halogenated alkanes) is 1. The van der Waals surface area contributed by atoms with Gasteiger partial charge in [0.2, 0.25) is 5.91 Å². The van der Waals surface area contributed by atoms with Crippen LogP contribution in [0.15, 0.2) is 48.5 Å². The third-order valence-electron chi connectivity index (χ3n) is 6.11. The monoisotopic (exact) mass is 572 g/mol. The first-order chi connectivity index (χ1) is 19.6. The Hall–Kier alpha value is -4.65. The van der Waals surface area contributed by atoms with Crippen molar-refractivity contribution in [1.82, 2.24) is 15.1 Å². The van der Waals surface area contributed by atoms with Crippen LogP contribution in [0.3, 0.4) is 0 Å². The van der Waals surface area contributed by atoms with Gasteiger partial charge in [-0.05, 0) is 36.8 Å². The van der Waals surface area contributed by atoms with Crippen LogP contribution >= 0.6 is 0 Å². The molecule has 0 unspecified atom stereocenters. The lowest BCUT2D eigenvalue weighted by atomic mass is 10.1. The van der Waals surface area contributed by atoms with Gasteiger partial charge in [-0.25, -0.2) is 19.3 Å². The van der Waals surface area contributed by atoms with Crippen molar-refractivity contribution in [2.75, 3.05) is 58.4 Å². The standard InChI is InChI=1S/C26H34N4O5.C2H2O4/c1-4-5-13-27-26(33)30(21-9-7-6-8-10-21)24(31)19-28-14-16-29(17-15-28)25(32)20-11-12-22(34-2)23(18-20)35-3;3-1(4)2(5)6/h6-12,18H,4-5,13-17,19H2,1-3H3,(H,27,33);(H,3,4)(H,5,6). The molecule has 0 saturated carbocycles. The number of carboxylic acid groups (broad SMARTS) is 2. The van der Waals surface area contributed by atoms with E-state index in [9.17, 15) is 14.4 Å². The molecular formula is C28H36N4O9. The second-order valence-electron chi connectivity index (χ2n) is 8.90. The number of carbonyl (C=O) groups excluding carboxylic acids is 3. The van der Waals surface area contributed by atoms with Crippen LogP contribution in [0.1, 0.15) is 30.1 Å². The average Bonchev–Trinajstić information content (AvgIpc) is 2.98. The van der Waals surface area contributed by atoms with Gasteiger partial charge >= 0.3 is 18.0 Å². The molecule has 1 aliphatic rings. The van der Waals surface area contributed by atoms with Crippen LogP contribution in [0.2, 0.25) is 0 Å². The van der Waals surface area contributed by atoms with Gasteiger partial charge in [0.1, 0.15) is 0 Å². The quantitative estimate of drug-likeness (QED) is 0.299. The molecule has 13 heteroatoms. The number of hydrogen-bond acceptors (Lipinski definition) is 8. The molecule has 0 aromatic heterocycles. The van der Waals surface area contributed by atoms with E-state index in [1.807, 2.05) is 17.9 Å². The topological polar surface area (TPSA) is 166 Å². The van der Waals surface area contributed by atoms with Crippen LogP contribution in [0.5, 0.6) is 11.5 Å². The molecule has 3 N–H and O–H groups in total. The van der Waals surface area contributed by atoms with E-state index < -0.39 is 18.0 Å². The Morgan fingerprint density at radius 3 is 2.02 bits per heavy atom. The van der Waals surface area contributed by atoms with E-state index in [4.69, 9.17) is 29.3 Å². The molecular weight excluding hydrogens is 536 g/mol. The fourth-order valence-electron chi connectivity index (χ4n) is 3.93. The minimum atomic E-state index is -1.82. The van der Waals surface area contributed by atoms with Gasteiger partial charge in [0.15, 0.2) is 11.5 Å². The highest BCUT2D eigenvalue weighted by atomic mass is 16.5. The maximum Gasteiger partial charge on any atom is 0.414 e. The third-order valence-corrected chi connectivity index (χ3v) is 6.11. The number of anilines is 1. The number of amides is 4. The molecule has 4 amide bonds. The Morgan fingerprint density at radius 1 is 0.878 bits per heavy atom. The Morgan fingerprint density at radius 2 is 1.49 bits per heavy atom. The summed E-state index contributed by atoms with van der Waals surface area (Å²) in [4.78, 5) is 62.1. The van der Waals surface area contributed by atoms with Crippen molar-refractivity contribution in [3.8, 4) is 11.5 Å². The molecule has 0 aliphatic carbocycles. The molecule has 2 aromatic rings. The molecule has 13 nitrogen and oxygen atoms in total. The SMILES string of the molecule is CCCCNC(=O)N(C(=O)CN1CCN(C(=O)c2ccc(OC)c(OC)c2)CC1)c1ccccc1.O=C(O)C(=O)O. The van der Waals surface area contributed by atoms with Gasteiger partial charge in [-0.1, -0.05) is 31.5 Å². The number of ether oxygens (including phenoxy) is 2. The highest BCUT2D eigenvalue weighted by molar-refractivity contribution is 6.27. The lowest BCUT2D eigenvalue weighted by Gasteiger charge is -2.35. The number of hydrogen-bond donors (Lipinski definition) is 3. The molecule has 0 spiro atoms. The van der Waals surface area contributed by atoms with Gasteiger partial charge in [0.05, 0.1) is 26.5 Å². The molecule has 1 fully saturated rings. The molecule has 1 heterocycles. The molecule has 2 aromatic carbocycles. The number of para-hydroxylation sites is 1. The summed E-state index contributed by atoms with van der Waals surface area (Å²) in [6.45, 7) is 4.68. The van der Waals surface area contributed by atoms with Crippen LogP contribution in [-0.2, 0) is 14.4 Å². The summed E-state index contributed by atoms with van der Waals surface area (Å²) in [7, 11) is 3.08. The first-order valence-electron chi connectivity index (χ1n) is 13.0. The van der Waals surface area contributed by atoms with Gasteiger partial charge in [0, 0.05) is 38.3 Å². The molecule has 0 bridgehead atoms. The number of imide groups is 1. The largest absolute Gasteiger partial charge is 0.493 e. The molecule has 0 atom stereocenters. The first-order valence-corrected chi connectivity index (χ1v) is 13.0. The van der Waals surface area contributed by atoms with Gasteiger partial charge < -0.3 is 29.9 Å². The van der Waals surface area contributed by atoms with E-state index in [2.05, 4.69) is 5.32 Å². The highest BCUT2D eigenvalue weighted by Gasteiger charge is 2.28. The number of carboxylic acids is 2. The molecule has 1 saturated heterocycles. The van der Waals surface area contributed by atoms with Crippen molar-refractivity contribution in [3.05, 3.63) is 54.1 Å². The second-order valence-corrected chi connectivity index (χ2v) is 8.90. The summed E-state index contributed by atoms with van der Waals surface area (Å²) in [6, 6.07) is 13.6. The number of piperazine rings is 1.